The van der Waals surface area contributed by atoms with E-state index in [1.807, 2.05) is 11.9 Å². The molecule has 1 heterocycles. The molecule has 1 atom stereocenters. The lowest BCUT2D eigenvalue weighted by atomic mass is 9.86. The first-order chi connectivity index (χ1) is 12.8. The average molecular weight is 358 g/mol. The van der Waals surface area contributed by atoms with Crippen LogP contribution < -0.4 is 9.84 Å². The summed E-state index contributed by atoms with van der Waals surface area (Å²) in [5.41, 5.74) is 9.23. The van der Waals surface area contributed by atoms with Gasteiger partial charge in [0.1, 0.15) is 6.54 Å². The zero-order chi connectivity index (χ0) is 17.5. The van der Waals surface area contributed by atoms with Crippen molar-refractivity contribution in [3.63, 3.8) is 0 Å². The molecule has 0 spiro atoms. The second-order valence-electron chi connectivity index (χ2n) is 6.80. The van der Waals surface area contributed by atoms with Crippen LogP contribution in [0.2, 0.25) is 0 Å². The molecule has 0 fully saturated rings. The van der Waals surface area contributed by atoms with Crippen LogP contribution in [0.25, 0.3) is 32.7 Å². The van der Waals surface area contributed by atoms with Crippen LogP contribution in [0.5, 0.6) is 0 Å². The van der Waals surface area contributed by atoms with E-state index in [9.17, 15) is 0 Å². The smallest absolute Gasteiger partial charge is 0.132 e. The van der Waals surface area contributed by atoms with Gasteiger partial charge in [0.15, 0.2) is 0 Å². The summed E-state index contributed by atoms with van der Waals surface area (Å²) < 4.78 is 1.33. The molecule has 0 aliphatic carbocycles. The van der Waals surface area contributed by atoms with Crippen molar-refractivity contribution in [3.8, 4) is 11.1 Å². The van der Waals surface area contributed by atoms with Crippen molar-refractivity contribution in [3.05, 3.63) is 83.9 Å². The van der Waals surface area contributed by atoms with Crippen LogP contribution in [-0.2, 0) is 13.1 Å². The van der Waals surface area contributed by atoms with E-state index < -0.39 is 0 Å². The number of benzene rings is 4. The topological polar surface area (TPSA) is 16.5 Å². The van der Waals surface area contributed by atoms with Crippen molar-refractivity contribution in [1.29, 1.82) is 0 Å². The van der Waals surface area contributed by atoms with Gasteiger partial charge in [-0.1, -0.05) is 72.8 Å². The number of quaternary nitrogens is 1. The third-order valence-corrected chi connectivity index (χ3v) is 6.14. The van der Waals surface area contributed by atoms with Crippen molar-refractivity contribution < 1.29 is 4.41 Å². The van der Waals surface area contributed by atoms with Crippen LogP contribution in [0, 0.1) is 0 Å². The first-order valence-electron chi connectivity index (χ1n) is 9.00. The van der Waals surface area contributed by atoms with E-state index in [-0.39, 0.29) is 0 Å². The monoisotopic (exact) mass is 357 g/mol. The van der Waals surface area contributed by atoms with E-state index in [2.05, 4.69) is 84.5 Å². The standard InChI is InChI=1S/C23H20N2S/c1-26-25-15-19-13-11-17-7-3-5-9-21(17)23(19)22-18(14-24-25)12-10-16-6-2-4-8-20(16)22/h2-13,24H,14-15H2,1H3/p+1. The molecule has 26 heavy (non-hydrogen) atoms. The molecule has 0 aromatic heterocycles. The molecular formula is C23H21N2S+. The summed E-state index contributed by atoms with van der Waals surface area (Å²) in [6.45, 7) is 1.84. The Balaban J connectivity index is 1.93. The van der Waals surface area contributed by atoms with E-state index in [0.29, 0.717) is 0 Å². The maximum atomic E-state index is 3.66. The Morgan fingerprint density at radius 2 is 1.31 bits per heavy atom. The molecule has 128 valence electrons. The zero-order valence-corrected chi connectivity index (χ0v) is 15.6. The zero-order valence-electron chi connectivity index (χ0n) is 14.8. The molecule has 3 heteroatoms. The molecule has 1 aliphatic rings. The van der Waals surface area contributed by atoms with E-state index in [4.69, 9.17) is 0 Å². The fourth-order valence-corrected chi connectivity index (χ4v) is 4.61. The second kappa shape index (κ2) is 6.44. The molecule has 0 saturated heterocycles. The summed E-state index contributed by atoms with van der Waals surface area (Å²) in [5, 5.41) is 5.31. The third-order valence-electron chi connectivity index (χ3n) is 5.35. The summed E-state index contributed by atoms with van der Waals surface area (Å²) in [4.78, 5) is 0. The first kappa shape index (κ1) is 15.9. The third kappa shape index (κ3) is 2.52. The van der Waals surface area contributed by atoms with Gasteiger partial charge in [-0.25, -0.2) is 0 Å². The molecule has 2 N–H and O–H groups in total. The summed E-state index contributed by atoms with van der Waals surface area (Å²) in [6.07, 6.45) is 2.16. The lowest BCUT2D eigenvalue weighted by Crippen LogP contribution is -3.11. The van der Waals surface area contributed by atoms with Crippen molar-refractivity contribution in [2.24, 2.45) is 0 Å². The van der Waals surface area contributed by atoms with Crippen LogP contribution in [-0.4, -0.2) is 6.26 Å². The molecular weight excluding hydrogens is 336 g/mol. The lowest BCUT2D eigenvalue weighted by molar-refractivity contribution is -0.824. The van der Waals surface area contributed by atoms with Gasteiger partial charge < -0.3 is 0 Å². The largest absolute Gasteiger partial charge is 0.193 e. The molecule has 1 aliphatic heterocycles. The highest BCUT2D eigenvalue weighted by Crippen LogP contribution is 2.39. The molecule has 2 nitrogen and oxygen atoms in total. The van der Waals surface area contributed by atoms with Gasteiger partial charge in [-0.05, 0) is 38.2 Å². The van der Waals surface area contributed by atoms with E-state index in [1.165, 1.54) is 48.2 Å². The van der Waals surface area contributed by atoms with Gasteiger partial charge >= 0.3 is 0 Å². The van der Waals surface area contributed by atoms with Crippen molar-refractivity contribution in [2.75, 3.05) is 6.26 Å². The molecule has 4 aromatic carbocycles. The molecule has 0 saturated carbocycles. The molecule has 5 rings (SSSR count). The fraction of sp³-hybridized carbons (Fsp3) is 0.130. The molecule has 4 aromatic rings. The molecule has 0 amide bonds. The second-order valence-corrected chi connectivity index (χ2v) is 7.70. The van der Waals surface area contributed by atoms with Crippen molar-refractivity contribution >= 4 is 33.5 Å². The highest BCUT2D eigenvalue weighted by atomic mass is 32.2. The summed E-state index contributed by atoms with van der Waals surface area (Å²) >= 11 is 1.82. The fourth-order valence-electron chi connectivity index (χ4n) is 4.09. The van der Waals surface area contributed by atoms with Gasteiger partial charge in [0.05, 0.1) is 18.5 Å². The summed E-state index contributed by atoms with van der Waals surface area (Å²) in [5.74, 6) is 0. The summed E-state index contributed by atoms with van der Waals surface area (Å²) in [7, 11) is 0. The van der Waals surface area contributed by atoms with E-state index in [0.717, 1.165) is 13.1 Å². The van der Waals surface area contributed by atoms with E-state index in [1.54, 1.807) is 0 Å². The quantitative estimate of drug-likeness (QED) is 0.493. The molecule has 0 radical (unpaired) electrons. The number of nitrogens with one attached hydrogen (secondary N) is 2. The predicted molar refractivity (Wildman–Crippen MR) is 112 cm³/mol. The SMILES string of the molecule is CS[NH+]1Cc2ccc3ccccc3c2-c2c(ccc3ccccc23)CN1. The Morgan fingerprint density at radius 3 is 1.96 bits per heavy atom. The van der Waals surface area contributed by atoms with E-state index >= 15 is 0 Å². The van der Waals surface area contributed by atoms with Gasteiger partial charge in [0.25, 0.3) is 0 Å². The Labute approximate surface area is 157 Å². The van der Waals surface area contributed by atoms with Gasteiger partial charge in [0.2, 0.25) is 0 Å². The van der Waals surface area contributed by atoms with Crippen LogP contribution in [0.4, 0.5) is 0 Å². The van der Waals surface area contributed by atoms with Gasteiger partial charge in [-0.3, -0.25) is 0 Å². The number of fused-ring (bicyclic) bond motifs is 7. The highest BCUT2D eigenvalue weighted by molar-refractivity contribution is 7.92. The van der Waals surface area contributed by atoms with Gasteiger partial charge in [-0.2, -0.15) is 9.84 Å². The molecule has 1 unspecified atom stereocenters. The first-order valence-corrected chi connectivity index (χ1v) is 10.2. The predicted octanol–water partition coefficient (Wildman–Crippen LogP) is 4.34. The number of rotatable bonds is 1. The Kier molecular flexibility index (Phi) is 3.93. The van der Waals surface area contributed by atoms with Crippen molar-refractivity contribution in [2.45, 2.75) is 13.1 Å². The Morgan fingerprint density at radius 1 is 0.731 bits per heavy atom. The highest BCUT2D eigenvalue weighted by Gasteiger charge is 2.23. The maximum Gasteiger partial charge on any atom is 0.132 e. The normalized spacial score (nSPS) is 16.7. The van der Waals surface area contributed by atoms with Crippen LogP contribution in [0.15, 0.2) is 72.8 Å². The average Bonchev–Trinajstić information content (AvgIpc) is 2.68. The van der Waals surface area contributed by atoms with Crippen molar-refractivity contribution in [1.82, 2.24) is 5.43 Å². The lowest BCUT2D eigenvalue weighted by Gasteiger charge is -2.25. The summed E-state index contributed by atoms with van der Waals surface area (Å²) in [6, 6.07) is 26.6. The van der Waals surface area contributed by atoms with Crippen LogP contribution in [0.1, 0.15) is 11.1 Å². The Hall–Kier alpha value is -2.33. The molecule has 0 bridgehead atoms. The minimum absolute atomic E-state index is 0.874. The maximum absolute atomic E-state index is 3.66. The Bertz CT molecular complexity index is 1120. The van der Waals surface area contributed by atoms with Crippen LogP contribution >= 0.6 is 11.9 Å². The minimum Gasteiger partial charge on any atom is -0.193 e. The number of hydrogen-bond donors (Lipinski definition) is 2. The van der Waals surface area contributed by atoms with Crippen LogP contribution in [0.3, 0.4) is 0 Å². The van der Waals surface area contributed by atoms with Gasteiger partial charge in [-0.15, -0.1) is 0 Å². The minimum atomic E-state index is 0.874. The number of hydrogen-bond acceptors (Lipinski definition) is 2. The van der Waals surface area contributed by atoms with Gasteiger partial charge in [0, 0.05) is 11.8 Å².